The highest BCUT2D eigenvalue weighted by atomic mass is 16.5. The molecule has 0 unspecified atom stereocenters. The van der Waals surface area contributed by atoms with Gasteiger partial charge in [0.05, 0.1) is 26.2 Å². The van der Waals surface area contributed by atoms with Crippen LogP contribution in [0, 0.1) is 5.92 Å². The molecule has 3 aromatic carbocycles. The number of aryl methyl sites for hydroxylation is 1. The molecule has 34 heavy (non-hydrogen) atoms. The molecule has 0 aromatic heterocycles. The number of amides is 2. The van der Waals surface area contributed by atoms with Crippen LogP contribution in [-0.4, -0.2) is 26.0 Å². The summed E-state index contributed by atoms with van der Waals surface area (Å²) in [5.41, 5.74) is 3.58. The minimum absolute atomic E-state index is 0.0117. The maximum Gasteiger partial charge on any atom is 0.229 e. The Morgan fingerprint density at radius 3 is 2.06 bits per heavy atom. The summed E-state index contributed by atoms with van der Waals surface area (Å²) < 4.78 is 10.6. The fraction of sp³-hybridized carbons (Fsp3) is 0.286. The number of methoxy groups -OCH3 is 2. The normalized spacial score (nSPS) is 17.9. The van der Waals surface area contributed by atoms with Crippen LogP contribution in [0.25, 0.3) is 0 Å². The summed E-state index contributed by atoms with van der Waals surface area (Å²) in [6.45, 7) is 2.10. The van der Waals surface area contributed by atoms with E-state index in [1.54, 1.807) is 19.1 Å². The van der Waals surface area contributed by atoms with E-state index < -0.39 is 12.0 Å². The van der Waals surface area contributed by atoms with E-state index in [0.29, 0.717) is 18.6 Å². The molecule has 2 amide bonds. The van der Waals surface area contributed by atoms with Crippen molar-refractivity contribution in [1.29, 1.82) is 0 Å². The molecular formula is C28H30N2O4. The molecule has 1 aliphatic heterocycles. The third-order valence-corrected chi connectivity index (χ3v) is 6.37. The Bertz CT molecular complexity index is 1120. The summed E-state index contributed by atoms with van der Waals surface area (Å²) >= 11 is 0. The third-order valence-electron chi connectivity index (χ3n) is 6.37. The van der Waals surface area contributed by atoms with E-state index in [-0.39, 0.29) is 11.8 Å². The van der Waals surface area contributed by atoms with E-state index in [0.717, 1.165) is 29.1 Å². The van der Waals surface area contributed by atoms with Crippen LogP contribution >= 0.6 is 0 Å². The highest BCUT2D eigenvalue weighted by molar-refractivity contribution is 6.00. The third kappa shape index (κ3) is 4.91. The predicted octanol–water partition coefficient (Wildman–Crippen LogP) is 5.39. The molecular weight excluding hydrogens is 428 g/mol. The maximum atomic E-state index is 13.5. The van der Waals surface area contributed by atoms with Crippen molar-refractivity contribution in [2.45, 2.75) is 32.2 Å². The van der Waals surface area contributed by atoms with Crippen molar-refractivity contribution in [3.8, 4) is 11.5 Å². The Morgan fingerprint density at radius 2 is 1.50 bits per heavy atom. The predicted molar refractivity (Wildman–Crippen MR) is 133 cm³/mol. The lowest BCUT2D eigenvalue weighted by atomic mass is 9.83. The number of rotatable bonds is 7. The van der Waals surface area contributed by atoms with E-state index in [1.807, 2.05) is 72.8 Å². The topological polar surface area (TPSA) is 67.9 Å². The molecule has 4 rings (SSSR count). The number of hydrogen-bond donors (Lipinski definition) is 1. The van der Waals surface area contributed by atoms with Gasteiger partial charge in [0, 0.05) is 17.8 Å². The number of ether oxygens (including phenoxy) is 2. The van der Waals surface area contributed by atoms with Gasteiger partial charge in [-0.1, -0.05) is 31.2 Å². The zero-order valence-corrected chi connectivity index (χ0v) is 19.8. The van der Waals surface area contributed by atoms with Gasteiger partial charge in [-0.2, -0.15) is 0 Å². The fourth-order valence-electron chi connectivity index (χ4n) is 4.46. The van der Waals surface area contributed by atoms with Crippen molar-refractivity contribution in [1.82, 2.24) is 0 Å². The summed E-state index contributed by atoms with van der Waals surface area (Å²) in [5, 5.41) is 3.07. The standard InChI is InChI=1S/C28H30N2O4/c1-4-19-5-9-21(10-6-19)29-28(32)25-17-18-26(31)30(22-11-15-24(34-3)16-12-22)27(25)20-7-13-23(33-2)14-8-20/h5-16,25,27H,4,17-18H2,1-3H3,(H,29,32)/t25-,27+/m0/s1. The molecule has 2 atom stereocenters. The number of carbonyl (C=O) groups excluding carboxylic acids is 2. The molecule has 6 nitrogen and oxygen atoms in total. The summed E-state index contributed by atoms with van der Waals surface area (Å²) in [7, 11) is 3.22. The summed E-state index contributed by atoms with van der Waals surface area (Å²) in [4.78, 5) is 28.5. The lowest BCUT2D eigenvalue weighted by Crippen LogP contribution is -2.46. The van der Waals surface area contributed by atoms with Crippen LogP contribution < -0.4 is 19.7 Å². The first-order valence-electron chi connectivity index (χ1n) is 11.5. The smallest absolute Gasteiger partial charge is 0.229 e. The van der Waals surface area contributed by atoms with E-state index in [9.17, 15) is 9.59 Å². The molecule has 6 heteroatoms. The van der Waals surface area contributed by atoms with E-state index in [1.165, 1.54) is 5.56 Å². The minimum atomic E-state index is -0.449. The molecule has 1 saturated heterocycles. The molecule has 0 aliphatic carbocycles. The van der Waals surface area contributed by atoms with Gasteiger partial charge in [-0.05, 0) is 72.5 Å². The first-order chi connectivity index (χ1) is 16.5. The van der Waals surface area contributed by atoms with Crippen molar-refractivity contribution >= 4 is 23.2 Å². The quantitative estimate of drug-likeness (QED) is 0.516. The number of nitrogens with zero attached hydrogens (tertiary/aromatic N) is 1. The van der Waals surface area contributed by atoms with Gasteiger partial charge in [0.25, 0.3) is 0 Å². The van der Waals surface area contributed by atoms with Crippen LogP contribution in [0.1, 0.15) is 36.9 Å². The van der Waals surface area contributed by atoms with Crippen molar-refractivity contribution in [2.75, 3.05) is 24.4 Å². The van der Waals surface area contributed by atoms with Crippen molar-refractivity contribution in [3.63, 3.8) is 0 Å². The Balaban J connectivity index is 1.70. The Labute approximate surface area is 200 Å². The van der Waals surface area contributed by atoms with Crippen LogP contribution in [0.15, 0.2) is 72.8 Å². The summed E-state index contributed by atoms with van der Waals surface area (Å²) in [5.74, 6) is 0.899. The second kappa shape index (κ2) is 10.4. The van der Waals surface area contributed by atoms with E-state index >= 15 is 0 Å². The second-order valence-electron chi connectivity index (χ2n) is 8.36. The molecule has 1 fully saturated rings. The molecule has 0 spiro atoms. The molecule has 0 bridgehead atoms. The minimum Gasteiger partial charge on any atom is -0.497 e. The van der Waals surface area contributed by atoms with Crippen molar-refractivity contribution < 1.29 is 19.1 Å². The van der Waals surface area contributed by atoms with Gasteiger partial charge in [0.2, 0.25) is 11.8 Å². The first kappa shape index (κ1) is 23.4. The highest BCUT2D eigenvalue weighted by Gasteiger charge is 2.41. The van der Waals surface area contributed by atoms with Crippen LogP contribution in [0.5, 0.6) is 11.5 Å². The second-order valence-corrected chi connectivity index (χ2v) is 8.36. The van der Waals surface area contributed by atoms with Crippen LogP contribution in [0.4, 0.5) is 11.4 Å². The van der Waals surface area contributed by atoms with Gasteiger partial charge in [0.1, 0.15) is 11.5 Å². The number of piperidine rings is 1. The fourth-order valence-corrected chi connectivity index (χ4v) is 4.46. The van der Waals surface area contributed by atoms with Gasteiger partial charge in [-0.15, -0.1) is 0 Å². The van der Waals surface area contributed by atoms with E-state index in [4.69, 9.17) is 9.47 Å². The largest absolute Gasteiger partial charge is 0.497 e. The van der Waals surface area contributed by atoms with Crippen molar-refractivity contribution in [2.24, 2.45) is 5.92 Å². The maximum absolute atomic E-state index is 13.5. The summed E-state index contributed by atoms with van der Waals surface area (Å²) in [6.07, 6.45) is 1.71. The van der Waals surface area contributed by atoms with Crippen LogP contribution in [0.2, 0.25) is 0 Å². The molecule has 1 N–H and O–H groups in total. The molecule has 1 heterocycles. The average molecular weight is 459 g/mol. The monoisotopic (exact) mass is 458 g/mol. The average Bonchev–Trinajstić information content (AvgIpc) is 2.89. The van der Waals surface area contributed by atoms with Crippen LogP contribution in [-0.2, 0) is 16.0 Å². The van der Waals surface area contributed by atoms with Gasteiger partial charge < -0.3 is 19.7 Å². The van der Waals surface area contributed by atoms with Crippen molar-refractivity contribution in [3.05, 3.63) is 83.9 Å². The lowest BCUT2D eigenvalue weighted by Gasteiger charge is -2.41. The van der Waals surface area contributed by atoms with Gasteiger partial charge in [-0.3, -0.25) is 9.59 Å². The Morgan fingerprint density at radius 1 is 0.912 bits per heavy atom. The molecule has 1 aliphatic rings. The highest BCUT2D eigenvalue weighted by Crippen LogP contribution is 2.41. The Kier molecular flexibility index (Phi) is 7.16. The first-order valence-corrected chi connectivity index (χ1v) is 11.5. The van der Waals surface area contributed by atoms with Crippen LogP contribution in [0.3, 0.4) is 0 Å². The number of benzene rings is 3. The SMILES string of the molecule is CCc1ccc(NC(=O)[C@H]2CCC(=O)N(c3ccc(OC)cc3)[C@@H]2c2ccc(OC)cc2)cc1. The molecule has 3 aromatic rings. The summed E-state index contributed by atoms with van der Waals surface area (Å²) in [6, 6.07) is 22.4. The lowest BCUT2D eigenvalue weighted by molar-refractivity contribution is -0.125. The molecule has 0 saturated carbocycles. The zero-order chi connectivity index (χ0) is 24.1. The number of anilines is 2. The van der Waals surface area contributed by atoms with Gasteiger partial charge >= 0.3 is 0 Å². The zero-order valence-electron chi connectivity index (χ0n) is 19.8. The molecule has 176 valence electrons. The number of hydrogen-bond acceptors (Lipinski definition) is 4. The molecule has 0 radical (unpaired) electrons. The van der Waals surface area contributed by atoms with Gasteiger partial charge in [-0.25, -0.2) is 0 Å². The number of nitrogens with one attached hydrogen (secondary N) is 1. The Hall–Kier alpha value is -3.80. The van der Waals surface area contributed by atoms with E-state index in [2.05, 4.69) is 12.2 Å². The van der Waals surface area contributed by atoms with Gasteiger partial charge in [0.15, 0.2) is 0 Å². The number of carbonyl (C=O) groups is 2.